The number of carbonyl (C=O) groups is 2. The second-order valence-corrected chi connectivity index (χ2v) is 6.33. The van der Waals surface area contributed by atoms with Crippen LogP contribution in [0.15, 0.2) is 77.3 Å². The van der Waals surface area contributed by atoms with Crippen LogP contribution in [-0.4, -0.2) is 11.8 Å². The van der Waals surface area contributed by atoms with E-state index >= 15 is 0 Å². The lowest BCUT2D eigenvalue weighted by Gasteiger charge is -2.10. The van der Waals surface area contributed by atoms with Crippen molar-refractivity contribution in [2.45, 2.75) is 0 Å². The van der Waals surface area contributed by atoms with E-state index in [4.69, 9.17) is 0 Å². The lowest BCUT2D eigenvalue weighted by molar-refractivity contribution is 0.101. The van der Waals surface area contributed by atoms with E-state index in [-0.39, 0.29) is 11.8 Å². The average Bonchev–Trinajstić information content (AvgIpc) is 2.63. The van der Waals surface area contributed by atoms with Crippen LogP contribution in [0, 0.1) is 5.82 Å². The molecule has 0 aliphatic heterocycles. The number of halogens is 2. The lowest BCUT2D eigenvalue weighted by Crippen LogP contribution is -2.14. The first kappa shape index (κ1) is 17.8. The summed E-state index contributed by atoms with van der Waals surface area (Å²) in [4.78, 5) is 24.6. The maximum atomic E-state index is 12.9. The molecule has 4 nitrogen and oxygen atoms in total. The minimum absolute atomic E-state index is 0.264. The third kappa shape index (κ3) is 4.34. The Morgan fingerprint density at radius 3 is 2.04 bits per heavy atom. The zero-order valence-corrected chi connectivity index (χ0v) is 15.1. The first-order chi connectivity index (χ1) is 12.5. The molecule has 6 heteroatoms. The summed E-state index contributed by atoms with van der Waals surface area (Å²) in [5, 5.41) is 5.51. The monoisotopic (exact) mass is 412 g/mol. The van der Waals surface area contributed by atoms with Crippen molar-refractivity contribution in [3.8, 4) is 0 Å². The highest BCUT2D eigenvalue weighted by atomic mass is 79.9. The van der Waals surface area contributed by atoms with E-state index in [2.05, 4.69) is 26.6 Å². The Hall–Kier alpha value is -2.99. The van der Waals surface area contributed by atoms with Crippen molar-refractivity contribution in [3.05, 3.63) is 94.2 Å². The van der Waals surface area contributed by atoms with E-state index in [0.717, 1.165) is 0 Å². The highest BCUT2D eigenvalue weighted by molar-refractivity contribution is 9.10. The predicted molar refractivity (Wildman–Crippen MR) is 103 cm³/mol. The topological polar surface area (TPSA) is 58.2 Å². The Morgan fingerprint density at radius 1 is 0.769 bits per heavy atom. The van der Waals surface area contributed by atoms with Gasteiger partial charge in [0, 0.05) is 21.4 Å². The van der Waals surface area contributed by atoms with Crippen LogP contribution in [0.5, 0.6) is 0 Å². The molecule has 130 valence electrons. The normalized spacial score (nSPS) is 10.2. The molecule has 0 saturated heterocycles. The number of amides is 2. The molecular weight excluding hydrogens is 399 g/mol. The molecule has 0 unspecified atom stereocenters. The van der Waals surface area contributed by atoms with E-state index in [9.17, 15) is 14.0 Å². The Kier molecular flexibility index (Phi) is 5.43. The summed E-state index contributed by atoms with van der Waals surface area (Å²) >= 11 is 3.34. The average molecular weight is 413 g/mol. The third-order valence-electron chi connectivity index (χ3n) is 3.60. The molecule has 0 saturated carbocycles. The molecule has 0 bridgehead atoms. The molecule has 0 aromatic heterocycles. The van der Waals surface area contributed by atoms with E-state index in [1.165, 1.54) is 24.3 Å². The van der Waals surface area contributed by atoms with Crippen LogP contribution < -0.4 is 10.6 Å². The van der Waals surface area contributed by atoms with Gasteiger partial charge in [-0.3, -0.25) is 9.59 Å². The number of benzene rings is 3. The van der Waals surface area contributed by atoms with Crippen molar-refractivity contribution >= 4 is 39.1 Å². The quantitative estimate of drug-likeness (QED) is 0.626. The van der Waals surface area contributed by atoms with Crippen LogP contribution in [0.4, 0.5) is 15.8 Å². The maximum absolute atomic E-state index is 12.9. The van der Waals surface area contributed by atoms with Gasteiger partial charge in [0.25, 0.3) is 11.8 Å². The predicted octanol–water partition coefficient (Wildman–Crippen LogP) is 5.09. The Bertz CT molecular complexity index is 958. The van der Waals surface area contributed by atoms with Crippen LogP contribution in [0.1, 0.15) is 20.7 Å². The summed E-state index contributed by atoms with van der Waals surface area (Å²) in [5.41, 5.74) is 1.91. The van der Waals surface area contributed by atoms with Crippen LogP contribution in [0.3, 0.4) is 0 Å². The fourth-order valence-corrected chi connectivity index (χ4v) is 2.79. The summed E-state index contributed by atoms with van der Waals surface area (Å²) in [6, 6.07) is 19.2. The molecule has 0 fully saturated rings. The fraction of sp³-hybridized carbons (Fsp3) is 0. The van der Waals surface area contributed by atoms with Gasteiger partial charge in [-0.15, -0.1) is 0 Å². The summed E-state index contributed by atoms with van der Waals surface area (Å²) < 4.78 is 13.6. The molecule has 0 spiro atoms. The number of rotatable bonds is 4. The van der Waals surface area contributed by atoms with Crippen molar-refractivity contribution in [1.29, 1.82) is 0 Å². The smallest absolute Gasteiger partial charge is 0.256 e. The van der Waals surface area contributed by atoms with Gasteiger partial charge >= 0.3 is 0 Å². The van der Waals surface area contributed by atoms with Gasteiger partial charge in [0.05, 0.1) is 5.56 Å². The Balaban J connectivity index is 1.72. The minimum atomic E-state index is -0.404. The van der Waals surface area contributed by atoms with Crippen molar-refractivity contribution < 1.29 is 14.0 Å². The van der Waals surface area contributed by atoms with E-state index in [1.807, 2.05) is 6.07 Å². The molecule has 3 aromatic rings. The van der Waals surface area contributed by atoms with Gasteiger partial charge in [-0.2, -0.15) is 0 Å². The van der Waals surface area contributed by atoms with E-state index < -0.39 is 5.82 Å². The van der Waals surface area contributed by atoms with Gasteiger partial charge in [0.15, 0.2) is 0 Å². The summed E-state index contributed by atoms with van der Waals surface area (Å²) in [5.74, 6) is -1.03. The van der Waals surface area contributed by atoms with Gasteiger partial charge in [0.1, 0.15) is 5.82 Å². The number of hydrogen-bond donors (Lipinski definition) is 2. The van der Waals surface area contributed by atoms with Crippen LogP contribution in [0.25, 0.3) is 0 Å². The molecule has 2 N–H and O–H groups in total. The number of hydrogen-bond acceptors (Lipinski definition) is 2. The standard InChI is InChI=1S/C20H14BrFN2O2/c21-18-7-2-1-6-17(18)20(26)24-16-5-3-4-15(12-16)23-19(25)13-8-10-14(22)11-9-13/h1-12H,(H,23,25)(H,24,26). The molecule has 0 aliphatic rings. The molecular formula is C20H14BrFN2O2. The van der Waals surface area contributed by atoms with Gasteiger partial charge in [-0.25, -0.2) is 4.39 Å². The fourth-order valence-electron chi connectivity index (χ4n) is 2.32. The van der Waals surface area contributed by atoms with E-state index in [1.54, 1.807) is 42.5 Å². The molecule has 0 radical (unpaired) electrons. The van der Waals surface area contributed by atoms with Crippen LogP contribution in [0.2, 0.25) is 0 Å². The number of carbonyl (C=O) groups excluding carboxylic acids is 2. The SMILES string of the molecule is O=C(Nc1cccc(NC(=O)c2ccccc2Br)c1)c1ccc(F)cc1. The lowest BCUT2D eigenvalue weighted by atomic mass is 10.2. The summed E-state index contributed by atoms with van der Waals surface area (Å²) in [6.07, 6.45) is 0. The number of anilines is 2. The zero-order valence-electron chi connectivity index (χ0n) is 13.5. The van der Waals surface area contributed by atoms with Gasteiger partial charge in [-0.05, 0) is 70.5 Å². The summed E-state index contributed by atoms with van der Waals surface area (Å²) in [6.45, 7) is 0. The second-order valence-electron chi connectivity index (χ2n) is 5.48. The number of nitrogens with one attached hydrogen (secondary N) is 2. The Morgan fingerprint density at radius 2 is 1.38 bits per heavy atom. The first-order valence-electron chi connectivity index (χ1n) is 7.76. The highest BCUT2D eigenvalue weighted by Crippen LogP contribution is 2.20. The molecule has 0 heterocycles. The van der Waals surface area contributed by atoms with E-state index in [0.29, 0.717) is 27.0 Å². The second kappa shape index (κ2) is 7.93. The van der Waals surface area contributed by atoms with Gasteiger partial charge in [-0.1, -0.05) is 18.2 Å². The van der Waals surface area contributed by atoms with Crippen molar-refractivity contribution in [1.82, 2.24) is 0 Å². The van der Waals surface area contributed by atoms with Gasteiger partial charge in [0.2, 0.25) is 0 Å². The largest absolute Gasteiger partial charge is 0.322 e. The van der Waals surface area contributed by atoms with Crippen molar-refractivity contribution in [3.63, 3.8) is 0 Å². The van der Waals surface area contributed by atoms with Crippen molar-refractivity contribution in [2.75, 3.05) is 10.6 Å². The molecule has 3 rings (SSSR count). The third-order valence-corrected chi connectivity index (χ3v) is 4.29. The molecule has 0 aliphatic carbocycles. The van der Waals surface area contributed by atoms with Crippen LogP contribution in [-0.2, 0) is 0 Å². The highest BCUT2D eigenvalue weighted by Gasteiger charge is 2.11. The van der Waals surface area contributed by atoms with Crippen LogP contribution >= 0.6 is 15.9 Å². The molecule has 3 aromatic carbocycles. The van der Waals surface area contributed by atoms with Gasteiger partial charge < -0.3 is 10.6 Å². The Labute approximate surface area is 158 Å². The maximum Gasteiger partial charge on any atom is 0.256 e. The molecule has 2 amide bonds. The summed E-state index contributed by atoms with van der Waals surface area (Å²) in [7, 11) is 0. The van der Waals surface area contributed by atoms with Crippen molar-refractivity contribution in [2.24, 2.45) is 0 Å². The molecule has 0 atom stereocenters. The zero-order chi connectivity index (χ0) is 18.5. The minimum Gasteiger partial charge on any atom is -0.322 e. The first-order valence-corrected chi connectivity index (χ1v) is 8.55. The molecule has 26 heavy (non-hydrogen) atoms.